The fourth-order valence-corrected chi connectivity index (χ4v) is 4.92. The average molecular weight is 577 g/mol. The smallest absolute Gasteiger partial charge is 0.407 e. The maximum absolute atomic E-state index is 15.6. The van der Waals surface area contributed by atoms with Crippen LogP contribution < -0.4 is 31.0 Å². The molecule has 1 amide bonds. The fraction of sp³-hybridized carbons (Fsp3) is 0.323. The monoisotopic (exact) mass is 576 g/mol. The Kier molecular flexibility index (Phi) is 7.93. The molecule has 1 fully saturated rings. The summed E-state index contributed by atoms with van der Waals surface area (Å²) in [5, 5.41) is 2.81. The first-order valence-electron chi connectivity index (χ1n) is 13.6. The lowest BCUT2D eigenvalue weighted by molar-refractivity contribution is 0.0509. The number of carbonyl (C=O) groups is 1. The minimum Gasteiger partial charge on any atom is -0.497 e. The second kappa shape index (κ2) is 11.6. The first-order valence-corrected chi connectivity index (χ1v) is 13.6. The van der Waals surface area contributed by atoms with Crippen LogP contribution >= 0.6 is 0 Å². The number of methoxy groups -OCH3 is 1. The van der Waals surface area contributed by atoms with Gasteiger partial charge in [0.25, 0.3) is 5.56 Å². The van der Waals surface area contributed by atoms with Crippen molar-refractivity contribution >= 4 is 22.7 Å². The molecule has 0 saturated carbocycles. The minimum absolute atomic E-state index is 0.0256. The molecule has 0 bridgehead atoms. The Bertz CT molecular complexity index is 1710. The third kappa shape index (κ3) is 6.09. The summed E-state index contributed by atoms with van der Waals surface area (Å²) < 4.78 is 28.2. The number of benzene rings is 3. The van der Waals surface area contributed by atoms with E-state index in [1.807, 2.05) is 18.2 Å². The molecule has 11 heteroatoms. The average Bonchev–Trinajstić information content (AvgIpc) is 3.41. The first kappa shape index (κ1) is 28.7. The summed E-state index contributed by atoms with van der Waals surface area (Å²) in [6.45, 7) is 6.08. The van der Waals surface area contributed by atoms with E-state index in [-0.39, 0.29) is 29.2 Å². The number of halogens is 1. The second-order valence-corrected chi connectivity index (χ2v) is 11.1. The van der Waals surface area contributed by atoms with Crippen LogP contribution in [0, 0.1) is 5.82 Å². The van der Waals surface area contributed by atoms with Gasteiger partial charge in [-0.1, -0.05) is 35.1 Å². The molecule has 5 rings (SSSR count). The normalized spacial score (nSPS) is 15.1. The molecule has 1 atom stereocenters. The van der Waals surface area contributed by atoms with Crippen molar-refractivity contribution in [2.24, 2.45) is 0 Å². The van der Waals surface area contributed by atoms with Crippen molar-refractivity contribution in [3.8, 4) is 11.4 Å². The molecule has 1 aliphatic heterocycles. The number of carbonyl (C=O) groups excluding carboxylic acids is 1. The van der Waals surface area contributed by atoms with E-state index in [0.717, 1.165) is 11.6 Å². The van der Waals surface area contributed by atoms with Crippen molar-refractivity contribution in [1.82, 2.24) is 14.6 Å². The number of ether oxygens (including phenoxy) is 2. The minimum atomic E-state index is -0.771. The Morgan fingerprint density at radius 2 is 1.76 bits per heavy atom. The summed E-state index contributed by atoms with van der Waals surface area (Å²) in [6, 6.07) is 18.2. The van der Waals surface area contributed by atoms with Crippen molar-refractivity contribution < 1.29 is 23.5 Å². The van der Waals surface area contributed by atoms with Gasteiger partial charge in [0.1, 0.15) is 23.8 Å². The highest BCUT2D eigenvalue weighted by atomic mass is 19.1. The van der Waals surface area contributed by atoms with E-state index in [1.54, 1.807) is 62.1 Å². The third-order valence-corrected chi connectivity index (χ3v) is 6.87. The van der Waals surface area contributed by atoms with Gasteiger partial charge in [-0.25, -0.2) is 14.0 Å². The van der Waals surface area contributed by atoms with Gasteiger partial charge in [0.05, 0.1) is 35.4 Å². The van der Waals surface area contributed by atoms with E-state index >= 15 is 4.39 Å². The molecule has 3 aromatic carbocycles. The van der Waals surface area contributed by atoms with Crippen LogP contribution in [0.4, 0.5) is 14.9 Å². The number of fused-ring (bicyclic) bond motifs is 1. The van der Waals surface area contributed by atoms with Crippen LogP contribution in [-0.4, -0.2) is 47.2 Å². The lowest BCUT2D eigenvalue weighted by Crippen LogP contribution is -2.43. The zero-order valence-corrected chi connectivity index (χ0v) is 23.9. The van der Waals surface area contributed by atoms with E-state index in [2.05, 4.69) is 5.32 Å². The van der Waals surface area contributed by atoms with Crippen LogP contribution in [0.15, 0.2) is 76.3 Å². The van der Waals surface area contributed by atoms with E-state index < -0.39 is 28.8 Å². The van der Waals surface area contributed by atoms with Crippen LogP contribution in [0.25, 0.3) is 16.6 Å². The van der Waals surface area contributed by atoms with Crippen molar-refractivity contribution in [2.75, 3.05) is 25.1 Å². The summed E-state index contributed by atoms with van der Waals surface area (Å²) >= 11 is 0. The fourth-order valence-electron chi connectivity index (χ4n) is 4.92. The zero-order valence-electron chi connectivity index (χ0n) is 23.9. The molecule has 4 aromatic rings. The number of rotatable bonds is 7. The molecule has 1 saturated heterocycles. The van der Waals surface area contributed by atoms with Gasteiger partial charge in [-0.05, 0) is 69.2 Å². The molecule has 0 spiro atoms. The van der Waals surface area contributed by atoms with Gasteiger partial charge in [0.15, 0.2) is 0 Å². The largest absolute Gasteiger partial charge is 0.497 e. The molecule has 2 heterocycles. The molecule has 0 radical (unpaired) electrons. The van der Waals surface area contributed by atoms with Gasteiger partial charge in [-0.3, -0.25) is 9.36 Å². The molecule has 1 aromatic heterocycles. The quantitative estimate of drug-likeness (QED) is 0.354. The van der Waals surface area contributed by atoms with Crippen LogP contribution in [0.3, 0.4) is 0 Å². The van der Waals surface area contributed by atoms with Gasteiger partial charge in [-0.15, -0.1) is 0 Å². The predicted octanol–water partition coefficient (Wildman–Crippen LogP) is 4.03. The van der Waals surface area contributed by atoms with E-state index in [0.29, 0.717) is 35.7 Å². The number of hydrogen-bond acceptors (Lipinski definition) is 7. The Morgan fingerprint density at radius 3 is 2.43 bits per heavy atom. The highest BCUT2D eigenvalue weighted by Crippen LogP contribution is 2.29. The first-order chi connectivity index (χ1) is 20.0. The molecule has 1 N–H and O–H groups in total. The number of hydrogen-bond donors (Lipinski definition) is 1. The SMILES string of the molecule is COc1ccc(-n2c(=O)n(OCc3ccccc3)c(=O)c3cc(F)c(N4CCC(NC(=O)OC(C)(C)C)C4)cc32)cc1. The second-order valence-electron chi connectivity index (χ2n) is 11.1. The van der Waals surface area contributed by atoms with Gasteiger partial charge < -0.3 is 24.5 Å². The van der Waals surface area contributed by atoms with Crippen molar-refractivity contribution in [1.29, 1.82) is 0 Å². The zero-order chi connectivity index (χ0) is 30.0. The van der Waals surface area contributed by atoms with Gasteiger partial charge >= 0.3 is 11.8 Å². The lowest BCUT2D eigenvalue weighted by Gasteiger charge is -2.23. The highest BCUT2D eigenvalue weighted by Gasteiger charge is 2.29. The number of alkyl carbamates (subject to hydrolysis) is 1. The van der Waals surface area contributed by atoms with Crippen LogP contribution in [0.5, 0.6) is 5.75 Å². The maximum atomic E-state index is 15.6. The molecular weight excluding hydrogens is 543 g/mol. The van der Waals surface area contributed by atoms with Gasteiger partial charge in [0.2, 0.25) is 0 Å². The topological polar surface area (TPSA) is 104 Å². The van der Waals surface area contributed by atoms with Gasteiger partial charge in [0, 0.05) is 13.1 Å². The summed E-state index contributed by atoms with van der Waals surface area (Å²) in [4.78, 5) is 47.0. The standard InChI is InChI=1S/C31H33FN4O6/c1-31(2,3)42-29(38)33-21-14-15-34(18-21)27-17-26-24(16-25(27)32)28(37)36(41-19-20-8-6-5-7-9-20)30(39)35(26)22-10-12-23(40-4)13-11-22/h5-13,16-17,21H,14-15,18-19H2,1-4H3,(H,33,38). The number of amides is 1. The van der Waals surface area contributed by atoms with Crippen molar-refractivity contribution in [2.45, 2.75) is 45.4 Å². The predicted molar refractivity (Wildman–Crippen MR) is 157 cm³/mol. The lowest BCUT2D eigenvalue weighted by atomic mass is 10.1. The highest BCUT2D eigenvalue weighted by molar-refractivity contribution is 5.84. The Labute approximate surface area is 241 Å². The molecule has 1 aliphatic rings. The summed E-state index contributed by atoms with van der Waals surface area (Å²) in [6.07, 6.45) is 0.0226. The van der Waals surface area contributed by atoms with Crippen molar-refractivity contribution in [3.63, 3.8) is 0 Å². The van der Waals surface area contributed by atoms with Crippen LogP contribution in [0.1, 0.15) is 32.8 Å². The Hall–Kier alpha value is -4.80. The number of anilines is 1. The van der Waals surface area contributed by atoms with Crippen molar-refractivity contribution in [3.05, 3.63) is 98.9 Å². The number of nitrogens with zero attached hydrogens (tertiary/aromatic N) is 3. The van der Waals surface area contributed by atoms with Crippen LogP contribution in [0.2, 0.25) is 0 Å². The van der Waals surface area contributed by atoms with E-state index in [1.165, 1.54) is 17.7 Å². The molecule has 0 aliphatic carbocycles. The molecular formula is C31H33FN4O6. The summed E-state index contributed by atoms with van der Waals surface area (Å²) in [5.74, 6) is -0.0517. The van der Waals surface area contributed by atoms with Gasteiger partial charge in [-0.2, -0.15) is 0 Å². The Balaban J connectivity index is 1.55. The summed E-state index contributed by atoms with van der Waals surface area (Å²) in [5.41, 5.74) is -0.537. The molecule has 42 heavy (non-hydrogen) atoms. The summed E-state index contributed by atoms with van der Waals surface area (Å²) in [7, 11) is 1.53. The Morgan fingerprint density at radius 1 is 1.05 bits per heavy atom. The molecule has 220 valence electrons. The van der Waals surface area contributed by atoms with Crippen LogP contribution in [-0.2, 0) is 11.3 Å². The van der Waals surface area contributed by atoms with E-state index in [9.17, 15) is 14.4 Å². The number of nitrogens with one attached hydrogen (secondary N) is 1. The molecule has 1 unspecified atom stereocenters. The molecule has 10 nitrogen and oxygen atoms in total. The third-order valence-electron chi connectivity index (χ3n) is 6.87. The van der Waals surface area contributed by atoms with E-state index in [4.69, 9.17) is 14.3 Å². The number of aromatic nitrogens is 2. The maximum Gasteiger partial charge on any atom is 0.407 e.